The average molecular weight is 386 g/mol. The van der Waals surface area contributed by atoms with Gasteiger partial charge in [0.1, 0.15) is 17.3 Å². The lowest BCUT2D eigenvalue weighted by molar-refractivity contribution is -0.724. The lowest BCUT2D eigenvalue weighted by atomic mass is 10.3. The summed E-state index contributed by atoms with van der Waals surface area (Å²) in [5.74, 6) is -1.22. The van der Waals surface area contributed by atoms with E-state index in [9.17, 15) is 13.6 Å². The molecule has 136 valence electrons. The number of halogens is 2. The number of H-pyrrole nitrogens is 1. The van der Waals surface area contributed by atoms with Crippen LogP contribution in [0.25, 0.3) is 16.7 Å². The third kappa shape index (κ3) is 3.21. The first-order valence-electron chi connectivity index (χ1n) is 8.02. The zero-order chi connectivity index (χ0) is 19.0. The third-order valence-corrected chi connectivity index (χ3v) is 4.95. The lowest BCUT2D eigenvalue weighted by Crippen LogP contribution is -2.28. The van der Waals surface area contributed by atoms with Crippen LogP contribution in [0.3, 0.4) is 0 Å². The third-order valence-electron chi connectivity index (χ3n) is 3.94. The van der Waals surface area contributed by atoms with Gasteiger partial charge in [-0.15, -0.1) is 9.78 Å². The fraction of sp³-hybridized carbons (Fsp3) is 0.111. The highest BCUT2D eigenvalue weighted by atomic mass is 32.2. The van der Waals surface area contributed by atoms with Crippen molar-refractivity contribution in [2.24, 2.45) is 7.05 Å². The second kappa shape index (κ2) is 6.92. The number of hydrogen-bond donors (Lipinski definition) is 1. The van der Waals surface area contributed by atoms with Crippen molar-refractivity contribution in [3.8, 4) is 5.69 Å². The molecule has 0 atom stereocenters. The van der Waals surface area contributed by atoms with Crippen molar-refractivity contribution in [2.75, 3.05) is 0 Å². The minimum absolute atomic E-state index is 0.183. The van der Waals surface area contributed by atoms with Gasteiger partial charge in [0.05, 0.1) is 0 Å². The van der Waals surface area contributed by atoms with Gasteiger partial charge in [0.2, 0.25) is 11.8 Å². The van der Waals surface area contributed by atoms with Crippen LogP contribution in [0.4, 0.5) is 8.78 Å². The Kier molecular flexibility index (Phi) is 4.44. The van der Waals surface area contributed by atoms with Crippen molar-refractivity contribution >= 4 is 22.8 Å². The number of nitrogens with one attached hydrogen (secondary N) is 1. The fourth-order valence-corrected chi connectivity index (χ4v) is 3.66. The summed E-state index contributed by atoms with van der Waals surface area (Å²) in [6, 6.07) is 7.15. The Morgan fingerprint density at radius 1 is 1.22 bits per heavy atom. The van der Waals surface area contributed by atoms with E-state index in [1.807, 2.05) is 6.07 Å². The van der Waals surface area contributed by atoms with Gasteiger partial charge in [-0.1, -0.05) is 23.9 Å². The number of hydrogen-bond acceptors (Lipinski definition) is 4. The fourth-order valence-electron chi connectivity index (χ4n) is 2.74. The predicted molar refractivity (Wildman–Crippen MR) is 96.6 cm³/mol. The molecule has 6 nitrogen and oxygen atoms in total. The number of fused-ring (bicyclic) bond motifs is 1. The number of aromatic nitrogens is 5. The second-order valence-electron chi connectivity index (χ2n) is 5.87. The molecule has 0 saturated heterocycles. The molecule has 0 aliphatic rings. The van der Waals surface area contributed by atoms with E-state index in [1.54, 1.807) is 30.2 Å². The van der Waals surface area contributed by atoms with Crippen LogP contribution < -0.4 is 10.2 Å². The molecule has 1 aromatic carbocycles. The first kappa shape index (κ1) is 17.3. The number of benzene rings is 1. The van der Waals surface area contributed by atoms with Crippen LogP contribution in [-0.4, -0.2) is 19.6 Å². The molecule has 4 aromatic rings. The lowest BCUT2D eigenvalue weighted by Gasteiger charge is -2.12. The summed E-state index contributed by atoms with van der Waals surface area (Å²) in [5, 5.41) is 3.35. The Labute approximate surface area is 156 Å². The molecule has 0 fully saturated rings. The molecule has 3 heterocycles. The average Bonchev–Trinajstić information content (AvgIpc) is 3.03. The first-order valence-corrected chi connectivity index (χ1v) is 9.00. The minimum Gasteiger partial charge on any atom is -0.268 e. The summed E-state index contributed by atoms with van der Waals surface area (Å²) in [7, 11) is 1.71. The largest absolute Gasteiger partial charge is 0.274 e. The van der Waals surface area contributed by atoms with Gasteiger partial charge in [0.25, 0.3) is 5.56 Å². The molecule has 0 radical (unpaired) electrons. The molecule has 0 aliphatic heterocycles. The Bertz CT molecular complexity index is 1170. The van der Waals surface area contributed by atoms with Crippen LogP contribution in [0.1, 0.15) is 5.56 Å². The molecular weight excluding hydrogens is 372 g/mol. The van der Waals surface area contributed by atoms with E-state index in [2.05, 4.69) is 15.1 Å². The van der Waals surface area contributed by atoms with E-state index in [4.69, 9.17) is 0 Å². The number of nitrogens with zero attached hydrogens (tertiary/aromatic N) is 4. The van der Waals surface area contributed by atoms with Crippen LogP contribution in [-0.2, 0) is 12.8 Å². The highest BCUT2D eigenvalue weighted by Crippen LogP contribution is 2.26. The number of rotatable bonds is 4. The smallest absolute Gasteiger partial charge is 0.268 e. The SMILES string of the molecule is C[n+]1cc2c(=O)n(-c3c(F)cccc3F)c(SCc3cccnc3)nc2[nH]1. The summed E-state index contributed by atoms with van der Waals surface area (Å²) in [4.78, 5) is 21.5. The summed E-state index contributed by atoms with van der Waals surface area (Å²) >= 11 is 1.20. The topological polar surface area (TPSA) is 67.4 Å². The Balaban J connectivity index is 1.92. The maximum absolute atomic E-state index is 14.4. The molecule has 0 amide bonds. The van der Waals surface area contributed by atoms with Crippen molar-refractivity contribution in [2.45, 2.75) is 10.9 Å². The van der Waals surface area contributed by atoms with Crippen molar-refractivity contribution in [3.63, 3.8) is 0 Å². The van der Waals surface area contributed by atoms with Crippen molar-refractivity contribution < 1.29 is 13.5 Å². The molecule has 4 rings (SSSR count). The number of pyridine rings is 1. The Hall–Kier alpha value is -3.07. The maximum Gasteiger partial charge on any atom is 0.274 e. The molecule has 1 N–H and O–H groups in total. The Morgan fingerprint density at radius 3 is 2.70 bits per heavy atom. The van der Waals surface area contributed by atoms with E-state index in [0.717, 1.165) is 22.3 Å². The number of thioether (sulfide) groups is 1. The van der Waals surface area contributed by atoms with E-state index < -0.39 is 22.9 Å². The molecule has 0 spiro atoms. The van der Waals surface area contributed by atoms with Gasteiger partial charge in [0, 0.05) is 18.1 Å². The van der Waals surface area contributed by atoms with E-state index >= 15 is 0 Å². The van der Waals surface area contributed by atoms with Crippen LogP contribution >= 0.6 is 11.8 Å². The molecule has 3 aromatic heterocycles. The van der Waals surface area contributed by atoms with Gasteiger partial charge in [-0.3, -0.25) is 9.78 Å². The van der Waals surface area contributed by atoms with E-state index in [0.29, 0.717) is 11.4 Å². The van der Waals surface area contributed by atoms with E-state index in [1.165, 1.54) is 24.0 Å². The van der Waals surface area contributed by atoms with Gasteiger partial charge >= 0.3 is 0 Å². The number of aryl methyl sites for hydroxylation is 1. The zero-order valence-electron chi connectivity index (χ0n) is 14.2. The standard InChI is InChI=1S/C18H13F2N5OS/c1-24-9-12-16(23-24)22-18(27-10-11-4-3-7-21-8-11)25(17(12)26)15-13(19)5-2-6-14(15)20/h2-9H,10H2,1H3/p+1. The highest BCUT2D eigenvalue weighted by molar-refractivity contribution is 7.98. The number of para-hydroxylation sites is 1. The predicted octanol–water partition coefficient (Wildman–Crippen LogP) is 2.50. The molecule has 0 saturated carbocycles. The highest BCUT2D eigenvalue weighted by Gasteiger charge is 2.22. The summed E-state index contributed by atoms with van der Waals surface area (Å²) in [5.41, 5.74) is 0.266. The van der Waals surface area contributed by atoms with Crippen LogP contribution in [0, 0.1) is 11.6 Å². The van der Waals surface area contributed by atoms with Crippen molar-refractivity contribution in [1.82, 2.24) is 19.6 Å². The van der Waals surface area contributed by atoms with Crippen LogP contribution in [0.15, 0.2) is 58.9 Å². The maximum atomic E-state index is 14.4. The minimum atomic E-state index is -0.832. The summed E-state index contributed by atoms with van der Waals surface area (Å²) in [6.07, 6.45) is 4.88. The molecule has 0 bridgehead atoms. The molecule has 9 heteroatoms. The zero-order valence-corrected chi connectivity index (χ0v) is 15.0. The first-order chi connectivity index (χ1) is 13.0. The normalized spacial score (nSPS) is 11.2. The molecule has 0 unspecified atom stereocenters. The van der Waals surface area contributed by atoms with Crippen molar-refractivity contribution in [1.29, 1.82) is 0 Å². The monoisotopic (exact) mass is 386 g/mol. The van der Waals surface area contributed by atoms with Crippen LogP contribution in [0.2, 0.25) is 0 Å². The summed E-state index contributed by atoms with van der Waals surface area (Å²) < 4.78 is 31.4. The van der Waals surface area contributed by atoms with Gasteiger partial charge in [-0.05, 0) is 23.8 Å². The van der Waals surface area contributed by atoms with Gasteiger partial charge < -0.3 is 0 Å². The van der Waals surface area contributed by atoms with Crippen LogP contribution in [0.5, 0.6) is 0 Å². The summed E-state index contributed by atoms with van der Waals surface area (Å²) in [6.45, 7) is 0. The molecule has 27 heavy (non-hydrogen) atoms. The van der Waals surface area contributed by atoms with Gasteiger partial charge in [-0.2, -0.15) is 0 Å². The Morgan fingerprint density at radius 2 is 2.00 bits per heavy atom. The van der Waals surface area contributed by atoms with E-state index in [-0.39, 0.29) is 10.5 Å². The van der Waals surface area contributed by atoms with Gasteiger partial charge in [-0.25, -0.2) is 18.3 Å². The second-order valence-corrected chi connectivity index (χ2v) is 6.81. The van der Waals surface area contributed by atoms with Gasteiger partial charge in [0.15, 0.2) is 17.6 Å². The van der Waals surface area contributed by atoms with Crippen molar-refractivity contribution in [3.05, 3.63) is 76.5 Å². The quantitative estimate of drug-likeness (QED) is 0.332. The number of aromatic amines is 1. The molecular formula is C18H14F2N5OS+. The molecule has 0 aliphatic carbocycles.